The quantitative estimate of drug-likeness (QED) is 0.109. The van der Waals surface area contributed by atoms with Crippen molar-refractivity contribution in [3.8, 4) is 0 Å². The molecule has 1 aliphatic rings. The van der Waals surface area contributed by atoms with Gasteiger partial charge in [0.1, 0.15) is 18.4 Å². The Balaban J connectivity index is 1.61. The molecule has 0 radical (unpaired) electrons. The summed E-state index contributed by atoms with van der Waals surface area (Å²) >= 11 is 0. The van der Waals surface area contributed by atoms with E-state index < -0.39 is 65.6 Å². The molecule has 0 aliphatic carbocycles. The minimum atomic E-state index is -5.79. The van der Waals surface area contributed by atoms with Gasteiger partial charge in [-0.05, 0) is 25.5 Å². The van der Waals surface area contributed by atoms with Crippen molar-refractivity contribution in [2.45, 2.75) is 44.2 Å². The third-order valence-corrected chi connectivity index (χ3v) is 9.66. The van der Waals surface area contributed by atoms with E-state index in [0.717, 1.165) is 0 Å². The van der Waals surface area contributed by atoms with Crippen molar-refractivity contribution in [1.82, 2.24) is 19.5 Å². The van der Waals surface area contributed by atoms with Crippen LogP contribution in [0.2, 0.25) is 0 Å². The number of phosphoric acid groups is 3. The number of imidazole rings is 1. The number of rotatable bonds is 11. The fourth-order valence-corrected chi connectivity index (χ4v) is 7.22. The van der Waals surface area contributed by atoms with Gasteiger partial charge in [-0.1, -0.05) is 18.2 Å². The van der Waals surface area contributed by atoms with Crippen LogP contribution in [-0.2, 0) is 41.9 Å². The number of fused-ring (bicyclic) bond motifs is 1. The molecular weight excluding hydrogens is 641 g/mol. The molecule has 5 atom stereocenters. The predicted octanol–water partition coefficient (Wildman–Crippen LogP) is 0.752. The number of aromatic nitrogens is 4. The Morgan fingerprint density at radius 3 is 2.49 bits per heavy atom. The third kappa shape index (κ3) is 8.21. The molecule has 9 N–H and O–H groups in total. The van der Waals surface area contributed by atoms with Gasteiger partial charge < -0.3 is 40.5 Å². The molecule has 3 aromatic rings. The lowest BCUT2D eigenvalue weighted by Crippen LogP contribution is -2.34. The van der Waals surface area contributed by atoms with Gasteiger partial charge in [0.2, 0.25) is 5.95 Å². The summed E-state index contributed by atoms with van der Waals surface area (Å²) in [5, 5.41) is 0. The van der Waals surface area contributed by atoms with Crippen LogP contribution in [0.1, 0.15) is 42.4 Å². The summed E-state index contributed by atoms with van der Waals surface area (Å²) in [5.41, 5.74) is 10.7. The molecule has 0 amide bonds. The summed E-state index contributed by atoms with van der Waals surface area (Å²) < 4.78 is 59.9. The number of ether oxygens (including phenoxy) is 2. The molecule has 4 rings (SSSR count). The summed E-state index contributed by atoms with van der Waals surface area (Å²) in [6.07, 6.45) is -2.60. The standard InChI is InChI=1S/C20H27N6O14P3/c1-20(2,22)11-6-4-3-5-10(11)18(28)38-12-7-14(26-9-23-15-16(26)24-19(21)25-17(15)27)37-13(12)8-36-42(32,33)40-43(34,35)39-41(29,30)31/h3-6,9,12-14H,7-8,22H2,1-2H3,(H,32,33)(H,34,35)(H2,29,30,31)(H3,21,24,25,27)/t12-,13?,14-/m1/s1. The first-order valence-electron chi connectivity index (χ1n) is 12.0. The number of esters is 1. The summed E-state index contributed by atoms with van der Waals surface area (Å²) in [4.78, 5) is 72.6. The van der Waals surface area contributed by atoms with E-state index in [1.54, 1.807) is 32.0 Å². The average molecular weight is 668 g/mol. The van der Waals surface area contributed by atoms with Crippen molar-refractivity contribution >= 4 is 46.5 Å². The minimum Gasteiger partial charge on any atom is -0.456 e. The molecule has 1 saturated heterocycles. The van der Waals surface area contributed by atoms with E-state index in [0.29, 0.717) is 5.56 Å². The molecule has 3 heterocycles. The van der Waals surface area contributed by atoms with Gasteiger partial charge in [0.25, 0.3) is 5.56 Å². The first kappa shape index (κ1) is 33.1. The number of hydrogen-bond acceptors (Lipinski definition) is 14. The second-order valence-electron chi connectivity index (χ2n) is 9.74. The highest BCUT2D eigenvalue weighted by molar-refractivity contribution is 7.66. The van der Waals surface area contributed by atoms with Crippen LogP contribution in [0.3, 0.4) is 0 Å². The average Bonchev–Trinajstić information content (AvgIpc) is 3.44. The van der Waals surface area contributed by atoms with Crippen LogP contribution >= 0.6 is 23.5 Å². The lowest BCUT2D eigenvalue weighted by Gasteiger charge is -2.24. The number of nitrogen functional groups attached to an aromatic ring is 1. The molecule has 3 unspecified atom stereocenters. The van der Waals surface area contributed by atoms with Gasteiger partial charge in [0.15, 0.2) is 11.2 Å². The van der Waals surface area contributed by atoms with Crippen molar-refractivity contribution in [3.05, 3.63) is 52.1 Å². The summed E-state index contributed by atoms with van der Waals surface area (Å²) in [7, 11) is -16.9. The highest BCUT2D eigenvalue weighted by atomic mass is 31.3. The predicted molar refractivity (Wildman–Crippen MR) is 144 cm³/mol. The lowest BCUT2D eigenvalue weighted by atomic mass is 9.91. The maximum Gasteiger partial charge on any atom is 0.490 e. The van der Waals surface area contributed by atoms with E-state index in [1.807, 2.05) is 0 Å². The molecule has 20 nitrogen and oxygen atoms in total. The van der Waals surface area contributed by atoms with Gasteiger partial charge in [0.05, 0.1) is 18.5 Å². The van der Waals surface area contributed by atoms with Crippen molar-refractivity contribution in [2.75, 3.05) is 12.3 Å². The van der Waals surface area contributed by atoms with Crippen LogP contribution < -0.4 is 17.0 Å². The molecule has 236 valence electrons. The topological polar surface area (TPSA) is 311 Å². The second kappa shape index (κ2) is 11.9. The summed E-state index contributed by atoms with van der Waals surface area (Å²) in [5.74, 6) is -1.08. The van der Waals surface area contributed by atoms with Crippen molar-refractivity contribution in [2.24, 2.45) is 5.73 Å². The number of nitrogens with one attached hydrogen (secondary N) is 1. The van der Waals surface area contributed by atoms with Crippen molar-refractivity contribution in [3.63, 3.8) is 0 Å². The van der Waals surface area contributed by atoms with E-state index >= 15 is 0 Å². The fourth-order valence-electron chi connectivity index (χ4n) is 4.19. The largest absolute Gasteiger partial charge is 0.490 e. The number of nitrogens with two attached hydrogens (primary N) is 2. The first-order chi connectivity index (χ1) is 19.7. The van der Waals surface area contributed by atoms with E-state index in [1.165, 1.54) is 17.0 Å². The zero-order chi connectivity index (χ0) is 32.0. The summed E-state index contributed by atoms with van der Waals surface area (Å²) in [6.45, 7) is 2.42. The van der Waals surface area contributed by atoms with Crippen LogP contribution in [0.25, 0.3) is 11.2 Å². The Bertz CT molecular complexity index is 1730. The number of anilines is 1. The first-order valence-corrected chi connectivity index (χ1v) is 16.5. The Hall–Kier alpha value is -2.83. The van der Waals surface area contributed by atoms with Gasteiger partial charge in [-0.15, -0.1) is 0 Å². The van der Waals surface area contributed by atoms with E-state index in [2.05, 4.69) is 23.6 Å². The number of carbonyl (C=O) groups is 1. The molecular formula is C20H27N6O14P3. The molecule has 1 fully saturated rings. The third-order valence-electron chi connectivity index (χ3n) is 5.86. The molecule has 0 spiro atoms. The van der Waals surface area contributed by atoms with Gasteiger partial charge in [-0.25, -0.2) is 23.5 Å². The Kier molecular flexibility index (Phi) is 9.17. The number of H-pyrrole nitrogens is 1. The maximum atomic E-state index is 13.3. The second-order valence-corrected chi connectivity index (χ2v) is 14.2. The van der Waals surface area contributed by atoms with Gasteiger partial charge in [-0.2, -0.15) is 13.6 Å². The van der Waals surface area contributed by atoms with Crippen LogP contribution in [0.5, 0.6) is 0 Å². The normalized spacial score (nSPS) is 22.3. The monoisotopic (exact) mass is 668 g/mol. The van der Waals surface area contributed by atoms with Crippen LogP contribution in [-0.4, -0.2) is 63.9 Å². The fraction of sp³-hybridized carbons (Fsp3) is 0.400. The highest BCUT2D eigenvalue weighted by Crippen LogP contribution is 2.66. The zero-order valence-electron chi connectivity index (χ0n) is 22.2. The van der Waals surface area contributed by atoms with Gasteiger partial charge in [0, 0.05) is 12.0 Å². The lowest BCUT2D eigenvalue weighted by molar-refractivity contribution is -0.0490. The molecule has 43 heavy (non-hydrogen) atoms. The van der Waals surface area contributed by atoms with Crippen molar-refractivity contribution in [1.29, 1.82) is 0 Å². The Morgan fingerprint density at radius 2 is 1.84 bits per heavy atom. The van der Waals surface area contributed by atoms with Crippen LogP contribution in [0.4, 0.5) is 5.95 Å². The van der Waals surface area contributed by atoms with E-state index in [-0.39, 0.29) is 29.1 Å². The maximum absolute atomic E-state index is 13.3. The highest BCUT2D eigenvalue weighted by Gasteiger charge is 2.44. The number of benzene rings is 1. The van der Waals surface area contributed by atoms with Gasteiger partial charge >= 0.3 is 29.4 Å². The van der Waals surface area contributed by atoms with E-state index in [4.69, 9.17) is 35.3 Å². The molecule has 1 aromatic carbocycles. The number of hydrogen-bond donors (Lipinski definition) is 7. The van der Waals surface area contributed by atoms with Crippen LogP contribution in [0.15, 0.2) is 35.4 Å². The zero-order valence-corrected chi connectivity index (χ0v) is 24.9. The molecule has 1 aliphatic heterocycles. The van der Waals surface area contributed by atoms with E-state index in [9.17, 15) is 33.1 Å². The number of carbonyl (C=O) groups excluding carboxylic acids is 1. The Morgan fingerprint density at radius 1 is 1.16 bits per heavy atom. The number of phosphoric ester groups is 1. The van der Waals surface area contributed by atoms with Crippen molar-refractivity contribution < 1.29 is 60.7 Å². The number of nitrogens with zero attached hydrogens (tertiary/aromatic N) is 3. The molecule has 0 saturated carbocycles. The Labute approximate surface area is 241 Å². The minimum absolute atomic E-state index is 0.0000829. The number of aromatic amines is 1. The van der Waals surface area contributed by atoms with Gasteiger partial charge in [-0.3, -0.25) is 18.9 Å². The molecule has 23 heteroatoms. The summed E-state index contributed by atoms with van der Waals surface area (Å²) in [6, 6.07) is 6.36. The smallest absolute Gasteiger partial charge is 0.456 e. The molecule has 2 aromatic heterocycles. The SMILES string of the molecule is CC(C)(N)c1ccccc1C(=O)O[C@@H]1C[C@H](n2cnc3c(=O)[nH]c(N)nc32)OC1COP(=O)(O)OP(=O)(O)OP(=O)(O)O. The van der Waals surface area contributed by atoms with Crippen LogP contribution in [0, 0.1) is 0 Å². The molecule has 0 bridgehead atoms.